The molecule has 3 rings (SSSR count). The van der Waals surface area contributed by atoms with E-state index < -0.39 is 18.3 Å². The molecule has 2 N–H and O–H groups in total. The van der Waals surface area contributed by atoms with Gasteiger partial charge in [-0.3, -0.25) is 0 Å². The van der Waals surface area contributed by atoms with E-state index in [0.29, 0.717) is 0 Å². The lowest BCUT2D eigenvalue weighted by atomic mass is 9.77. The van der Waals surface area contributed by atoms with Gasteiger partial charge in [0.05, 0.1) is 11.2 Å². The third-order valence-corrected chi connectivity index (χ3v) is 5.57. The molecule has 1 aliphatic rings. The fourth-order valence-electron chi connectivity index (χ4n) is 3.04. The van der Waals surface area contributed by atoms with Gasteiger partial charge in [0, 0.05) is 16.8 Å². The highest BCUT2D eigenvalue weighted by molar-refractivity contribution is 6.64. The maximum atomic E-state index is 10.0. The molecule has 5 heteroatoms. The molecule has 0 amide bonds. The molecule has 1 saturated heterocycles. The first-order valence-corrected chi connectivity index (χ1v) is 9.45. The Morgan fingerprint density at radius 3 is 1.96 bits per heavy atom. The maximum Gasteiger partial charge on any atom is 0.497 e. The minimum Gasteiger partial charge on any atom is -0.508 e. The summed E-state index contributed by atoms with van der Waals surface area (Å²) in [6, 6.07) is 13.6. The summed E-state index contributed by atoms with van der Waals surface area (Å²) in [6.45, 7) is 14.7. The van der Waals surface area contributed by atoms with Gasteiger partial charge in [-0.15, -0.1) is 0 Å². The summed E-state index contributed by atoms with van der Waals surface area (Å²) >= 11 is 0. The number of nitrogens with one attached hydrogen (secondary N) is 1. The maximum absolute atomic E-state index is 10.0. The molecule has 0 aliphatic carbocycles. The van der Waals surface area contributed by atoms with E-state index in [4.69, 9.17) is 9.31 Å². The Kier molecular flexibility index (Phi) is 4.81. The summed E-state index contributed by atoms with van der Waals surface area (Å²) < 4.78 is 12.3. The average molecular weight is 367 g/mol. The standard InChI is InChI=1S/C22H30BNO3/c1-20(2,3)15-8-10-16(11-9-15)24-19-13-12-17(25)14-18(19)23-26-21(4,5)22(6,7)27-23/h8-14,24-25H,1-7H3. The fourth-order valence-corrected chi connectivity index (χ4v) is 3.04. The lowest BCUT2D eigenvalue weighted by Gasteiger charge is -2.32. The topological polar surface area (TPSA) is 50.7 Å². The first-order valence-electron chi connectivity index (χ1n) is 9.45. The number of anilines is 2. The van der Waals surface area contributed by atoms with Crippen LogP contribution in [0.4, 0.5) is 11.4 Å². The molecule has 27 heavy (non-hydrogen) atoms. The van der Waals surface area contributed by atoms with Gasteiger partial charge < -0.3 is 19.7 Å². The molecule has 0 aromatic heterocycles. The quantitative estimate of drug-likeness (QED) is 0.608. The second kappa shape index (κ2) is 6.57. The van der Waals surface area contributed by atoms with Crippen molar-refractivity contribution >= 4 is 24.0 Å². The predicted octanol–water partition coefficient (Wildman–Crippen LogP) is 4.73. The Morgan fingerprint density at radius 2 is 1.44 bits per heavy atom. The Labute approximate surface area is 163 Å². The van der Waals surface area contributed by atoms with Crippen LogP contribution in [0.15, 0.2) is 42.5 Å². The van der Waals surface area contributed by atoms with E-state index in [1.54, 1.807) is 12.1 Å². The molecular weight excluding hydrogens is 337 g/mol. The third-order valence-electron chi connectivity index (χ3n) is 5.57. The average Bonchev–Trinajstić information content (AvgIpc) is 2.77. The van der Waals surface area contributed by atoms with E-state index >= 15 is 0 Å². The van der Waals surface area contributed by atoms with Crippen LogP contribution < -0.4 is 10.8 Å². The van der Waals surface area contributed by atoms with Crippen LogP contribution in [0.1, 0.15) is 54.0 Å². The summed E-state index contributed by atoms with van der Waals surface area (Å²) in [7, 11) is -0.543. The van der Waals surface area contributed by atoms with Gasteiger partial charge in [-0.25, -0.2) is 0 Å². The fraction of sp³-hybridized carbons (Fsp3) is 0.455. The van der Waals surface area contributed by atoms with E-state index in [0.717, 1.165) is 16.8 Å². The molecule has 1 fully saturated rings. The van der Waals surface area contributed by atoms with Gasteiger partial charge in [-0.05, 0) is 69.0 Å². The molecule has 2 aromatic rings. The van der Waals surface area contributed by atoms with Gasteiger partial charge in [0.15, 0.2) is 0 Å². The Morgan fingerprint density at radius 1 is 0.889 bits per heavy atom. The zero-order valence-corrected chi connectivity index (χ0v) is 17.4. The minimum absolute atomic E-state index is 0.116. The summed E-state index contributed by atoms with van der Waals surface area (Å²) in [5.74, 6) is 0.188. The van der Waals surface area contributed by atoms with Crippen LogP contribution in [0.25, 0.3) is 0 Å². The van der Waals surface area contributed by atoms with Gasteiger partial charge in [0.2, 0.25) is 0 Å². The van der Waals surface area contributed by atoms with Crippen LogP contribution in [0.3, 0.4) is 0 Å². The largest absolute Gasteiger partial charge is 0.508 e. The summed E-state index contributed by atoms with van der Waals surface area (Å²) in [5.41, 5.74) is 3.15. The summed E-state index contributed by atoms with van der Waals surface area (Å²) in [5, 5.41) is 13.5. The lowest BCUT2D eigenvalue weighted by molar-refractivity contribution is 0.00578. The van der Waals surface area contributed by atoms with Gasteiger partial charge in [0.25, 0.3) is 0 Å². The molecule has 4 nitrogen and oxygen atoms in total. The number of aromatic hydroxyl groups is 1. The number of rotatable bonds is 3. The van der Waals surface area contributed by atoms with Crippen molar-refractivity contribution in [1.29, 1.82) is 0 Å². The van der Waals surface area contributed by atoms with Crippen LogP contribution in [0.2, 0.25) is 0 Å². The van der Waals surface area contributed by atoms with E-state index in [9.17, 15) is 5.11 Å². The molecule has 0 radical (unpaired) electrons. The molecule has 2 aromatic carbocycles. The van der Waals surface area contributed by atoms with Crippen LogP contribution in [-0.2, 0) is 14.7 Å². The highest BCUT2D eigenvalue weighted by Crippen LogP contribution is 2.37. The lowest BCUT2D eigenvalue weighted by Crippen LogP contribution is -2.41. The Balaban J connectivity index is 1.89. The molecule has 0 atom stereocenters. The van der Waals surface area contributed by atoms with Crippen molar-refractivity contribution in [3.05, 3.63) is 48.0 Å². The van der Waals surface area contributed by atoms with Gasteiger partial charge in [-0.2, -0.15) is 0 Å². The molecular formula is C22H30BNO3. The SMILES string of the molecule is CC(C)(C)c1ccc(Nc2ccc(O)cc2B2OC(C)(C)C(C)(C)O2)cc1. The molecule has 1 aliphatic heterocycles. The predicted molar refractivity (Wildman–Crippen MR) is 112 cm³/mol. The van der Waals surface area contributed by atoms with Crippen LogP contribution in [-0.4, -0.2) is 23.4 Å². The normalized spacial score (nSPS) is 18.6. The van der Waals surface area contributed by atoms with Crippen molar-refractivity contribution in [2.75, 3.05) is 5.32 Å². The second-order valence-electron chi connectivity index (χ2n) is 9.31. The first-order chi connectivity index (χ1) is 12.4. The van der Waals surface area contributed by atoms with E-state index in [-0.39, 0.29) is 11.2 Å². The van der Waals surface area contributed by atoms with Crippen LogP contribution >= 0.6 is 0 Å². The van der Waals surface area contributed by atoms with Crippen molar-refractivity contribution in [1.82, 2.24) is 0 Å². The van der Waals surface area contributed by atoms with Crippen molar-refractivity contribution in [2.45, 2.75) is 65.1 Å². The van der Waals surface area contributed by atoms with Crippen molar-refractivity contribution in [3.63, 3.8) is 0 Å². The van der Waals surface area contributed by atoms with Gasteiger partial charge in [-0.1, -0.05) is 32.9 Å². The van der Waals surface area contributed by atoms with Crippen molar-refractivity contribution in [2.24, 2.45) is 0 Å². The van der Waals surface area contributed by atoms with Crippen LogP contribution in [0, 0.1) is 0 Å². The van der Waals surface area contributed by atoms with Crippen molar-refractivity contribution < 1.29 is 14.4 Å². The molecule has 0 saturated carbocycles. The molecule has 0 unspecified atom stereocenters. The van der Waals surface area contributed by atoms with Gasteiger partial charge in [0.1, 0.15) is 5.75 Å². The molecule has 1 heterocycles. The number of hydrogen-bond donors (Lipinski definition) is 2. The van der Waals surface area contributed by atoms with E-state index in [1.165, 1.54) is 5.56 Å². The summed E-state index contributed by atoms with van der Waals surface area (Å²) in [6.07, 6.45) is 0. The third kappa shape index (κ3) is 3.99. The zero-order valence-electron chi connectivity index (χ0n) is 17.4. The van der Waals surface area contributed by atoms with Crippen LogP contribution in [0.5, 0.6) is 5.75 Å². The highest BCUT2D eigenvalue weighted by atomic mass is 16.7. The highest BCUT2D eigenvalue weighted by Gasteiger charge is 2.52. The number of phenolic OH excluding ortho intramolecular Hbond substituents is 1. The molecule has 0 spiro atoms. The van der Waals surface area contributed by atoms with Gasteiger partial charge >= 0.3 is 7.12 Å². The smallest absolute Gasteiger partial charge is 0.497 e. The second-order valence-corrected chi connectivity index (χ2v) is 9.31. The Bertz CT molecular complexity index is 806. The minimum atomic E-state index is -0.543. The number of phenols is 1. The number of hydrogen-bond acceptors (Lipinski definition) is 4. The van der Waals surface area contributed by atoms with E-state index in [1.807, 2.05) is 33.8 Å². The number of benzene rings is 2. The molecule has 0 bridgehead atoms. The molecule has 144 valence electrons. The zero-order chi connectivity index (χ0) is 20.0. The van der Waals surface area contributed by atoms with E-state index in [2.05, 4.69) is 50.4 Å². The monoisotopic (exact) mass is 367 g/mol. The first kappa shape index (κ1) is 19.8. The van der Waals surface area contributed by atoms with Crippen molar-refractivity contribution in [3.8, 4) is 5.75 Å². The Hall–Kier alpha value is -1.98. The summed E-state index contributed by atoms with van der Waals surface area (Å²) in [4.78, 5) is 0.